The van der Waals surface area contributed by atoms with E-state index in [1.807, 2.05) is 30.5 Å². The lowest BCUT2D eigenvalue weighted by molar-refractivity contribution is 0.0695. The summed E-state index contributed by atoms with van der Waals surface area (Å²) in [6.45, 7) is 0. The molecule has 0 amide bonds. The summed E-state index contributed by atoms with van der Waals surface area (Å²) in [5, 5.41) is 10.7. The Hall–Kier alpha value is -2.55. The van der Waals surface area contributed by atoms with Crippen LogP contribution in [0.4, 0.5) is 0 Å². The molecule has 1 aliphatic carbocycles. The van der Waals surface area contributed by atoms with Gasteiger partial charge >= 0.3 is 5.97 Å². The average molecular weight is 291 g/mol. The summed E-state index contributed by atoms with van der Waals surface area (Å²) in [4.78, 5) is 14.7. The number of benzene rings is 2. The number of fused-ring (bicyclic) bond motifs is 1. The molecule has 1 aromatic heterocycles. The Kier molecular flexibility index (Phi) is 3.00. The van der Waals surface area contributed by atoms with Crippen molar-refractivity contribution in [2.45, 2.75) is 25.2 Å². The van der Waals surface area contributed by atoms with E-state index in [1.165, 1.54) is 18.4 Å². The smallest absolute Gasteiger partial charge is 0.335 e. The SMILES string of the molecule is O=C(O)c1cc(C2CC2)ccc1Cc1ccc2[nH]ccc2c1. The second-order valence-electron chi connectivity index (χ2n) is 6.07. The molecule has 0 unspecified atom stereocenters. The van der Waals surface area contributed by atoms with Crippen LogP contribution in [0.3, 0.4) is 0 Å². The first kappa shape index (κ1) is 13.1. The van der Waals surface area contributed by atoms with Crippen LogP contribution in [-0.2, 0) is 6.42 Å². The Morgan fingerprint density at radius 1 is 1.14 bits per heavy atom. The van der Waals surface area contributed by atoms with Gasteiger partial charge in [0, 0.05) is 11.7 Å². The maximum Gasteiger partial charge on any atom is 0.335 e. The third-order valence-electron chi connectivity index (χ3n) is 4.43. The molecule has 1 saturated carbocycles. The van der Waals surface area contributed by atoms with Crippen molar-refractivity contribution in [1.29, 1.82) is 0 Å². The third kappa shape index (κ3) is 2.39. The standard InChI is InChI=1S/C19H17NO2/c21-19(22)17-11-14(13-2-3-13)4-5-15(17)9-12-1-6-18-16(10-12)7-8-20-18/h1,4-8,10-11,13,20H,2-3,9H2,(H,21,22). The number of carboxylic acids is 1. The monoisotopic (exact) mass is 291 g/mol. The molecule has 0 spiro atoms. The molecule has 1 heterocycles. The predicted molar refractivity (Wildman–Crippen MR) is 86.5 cm³/mol. The number of hydrogen-bond donors (Lipinski definition) is 2. The van der Waals surface area contributed by atoms with Crippen molar-refractivity contribution >= 4 is 16.9 Å². The number of rotatable bonds is 4. The van der Waals surface area contributed by atoms with E-state index in [2.05, 4.69) is 23.2 Å². The fourth-order valence-electron chi connectivity index (χ4n) is 3.05. The van der Waals surface area contributed by atoms with Crippen LogP contribution in [0.1, 0.15) is 45.8 Å². The van der Waals surface area contributed by atoms with E-state index >= 15 is 0 Å². The number of carbonyl (C=O) groups is 1. The Balaban J connectivity index is 1.70. The topological polar surface area (TPSA) is 53.1 Å². The summed E-state index contributed by atoms with van der Waals surface area (Å²) in [6, 6.07) is 14.2. The second-order valence-corrected chi connectivity index (χ2v) is 6.07. The molecule has 0 aliphatic heterocycles. The quantitative estimate of drug-likeness (QED) is 0.751. The second kappa shape index (κ2) is 5.02. The van der Waals surface area contributed by atoms with Crippen LogP contribution in [0, 0.1) is 0 Å². The number of aromatic nitrogens is 1. The van der Waals surface area contributed by atoms with E-state index in [4.69, 9.17) is 0 Å². The average Bonchev–Trinajstić information content (AvgIpc) is 3.25. The lowest BCUT2D eigenvalue weighted by Gasteiger charge is -2.09. The molecule has 0 saturated heterocycles. The van der Waals surface area contributed by atoms with Crippen molar-refractivity contribution < 1.29 is 9.90 Å². The lowest BCUT2D eigenvalue weighted by Crippen LogP contribution is -2.04. The van der Waals surface area contributed by atoms with Gasteiger partial charge in [0.2, 0.25) is 0 Å². The van der Waals surface area contributed by atoms with Gasteiger partial charge in [0.05, 0.1) is 5.56 Å². The van der Waals surface area contributed by atoms with Crippen LogP contribution in [0.5, 0.6) is 0 Å². The minimum absolute atomic E-state index is 0.443. The summed E-state index contributed by atoms with van der Waals surface area (Å²) in [5.41, 5.74) is 4.73. The highest BCUT2D eigenvalue weighted by Crippen LogP contribution is 2.40. The van der Waals surface area contributed by atoms with E-state index in [9.17, 15) is 9.90 Å². The third-order valence-corrected chi connectivity index (χ3v) is 4.43. The number of H-pyrrole nitrogens is 1. The molecule has 22 heavy (non-hydrogen) atoms. The molecule has 110 valence electrons. The molecule has 0 radical (unpaired) electrons. The Morgan fingerprint density at radius 2 is 2.00 bits per heavy atom. The molecule has 1 aliphatic rings. The highest BCUT2D eigenvalue weighted by Gasteiger charge is 2.25. The van der Waals surface area contributed by atoms with Gasteiger partial charge < -0.3 is 10.1 Å². The molecule has 3 heteroatoms. The molecule has 2 aromatic carbocycles. The normalized spacial score (nSPS) is 14.4. The molecule has 1 fully saturated rings. The predicted octanol–water partition coefficient (Wildman–Crippen LogP) is 4.33. The van der Waals surface area contributed by atoms with Gasteiger partial charge in [-0.25, -0.2) is 4.79 Å². The Morgan fingerprint density at radius 3 is 2.77 bits per heavy atom. The van der Waals surface area contributed by atoms with E-state index in [0.717, 1.165) is 22.0 Å². The zero-order valence-electron chi connectivity index (χ0n) is 12.2. The maximum absolute atomic E-state index is 11.6. The molecule has 0 bridgehead atoms. The van der Waals surface area contributed by atoms with Crippen LogP contribution < -0.4 is 0 Å². The van der Waals surface area contributed by atoms with Gasteiger partial charge in [-0.3, -0.25) is 0 Å². The van der Waals surface area contributed by atoms with Gasteiger partial charge in [0.25, 0.3) is 0 Å². The summed E-state index contributed by atoms with van der Waals surface area (Å²) in [7, 11) is 0. The largest absolute Gasteiger partial charge is 0.478 e. The molecular formula is C19H17NO2. The van der Waals surface area contributed by atoms with Crippen LogP contribution >= 0.6 is 0 Å². The minimum atomic E-state index is -0.833. The van der Waals surface area contributed by atoms with Gasteiger partial charge in [-0.1, -0.05) is 18.2 Å². The number of hydrogen-bond acceptors (Lipinski definition) is 1. The molecule has 3 nitrogen and oxygen atoms in total. The summed E-state index contributed by atoms with van der Waals surface area (Å²) >= 11 is 0. The molecule has 0 atom stereocenters. The van der Waals surface area contributed by atoms with Crippen molar-refractivity contribution in [2.24, 2.45) is 0 Å². The van der Waals surface area contributed by atoms with Crippen molar-refractivity contribution in [2.75, 3.05) is 0 Å². The van der Waals surface area contributed by atoms with Gasteiger partial charge in [0.15, 0.2) is 0 Å². The fraction of sp³-hybridized carbons (Fsp3) is 0.211. The Labute approximate surface area is 128 Å². The van der Waals surface area contributed by atoms with Crippen LogP contribution in [0.2, 0.25) is 0 Å². The number of aromatic carboxylic acids is 1. The highest BCUT2D eigenvalue weighted by molar-refractivity contribution is 5.90. The van der Waals surface area contributed by atoms with E-state index in [0.29, 0.717) is 17.9 Å². The molecule has 3 aromatic rings. The molecular weight excluding hydrogens is 274 g/mol. The van der Waals surface area contributed by atoms with Crippen LogP contribution in [0.15, 0.2) is 48.7 Å². The number of nitrogens with one attached hydrogen (secondary N) is 1. The van der Waals surface area contributed by atoms with Crippen molar-refractivity contribution in [3.8, 4) is 0 Å². The van der Waals surface area contributed by atoms with Crippen LogP contribution in [0.25, 0.3) is 10.9 Å². The van der Waals surface area contributed by atoms with Gasteiger partial charge in [-0.05, 0) is 71.5 Å². The minimum Gasteiger partial charge on any atom is -0.478 e. The van der Waals surface area contributed by atoms with Crippen molar-refractivity contribution in [3.63, 3.8) is 0 Å². The van der Waals surface area contributed by atoms with Gasteiger partial charge in [-0.2, -0.15) is 0 Å². The van der Waals surface area contributed by atoms with E-state index < -0.39 is 5.97 Å². The Bertz CT molecular complexity index is 859. The first-order valence-corrected chi connectivity index (χ1v) is 7.63. The molecule has 2 N–H and O–H groups in total. The van der Waals surface area contributed by atoms with Crippen LogP contribution in [-0.4, -0.2) is 16.1 Å². The summed E-state index contributed by atoms with van der Waals surface area (Å²) in [5.74, 6) is -0.261. The van der Waals surface area contributed by atoms with E-state index in [-0.39, 0.29) is 0 Å². The summed E-state index contributed by atoms with van der Waals surface area (Å²) < 4.78 is 0. The molecule has 4 rings (SSSR count). The van der Waals surface area contributed by atoms with Gasteiger partial charge in [0.1, 0.15) is 0 Å². The lowest BCUT2D eigenvalue weighted by atomic mass is 9.96. The van der Waals surface area contributed by atoms with E-state index in [1.54, 1.807) is 0 Å². The number of aromatic amines is 1. The number of carboxylic acid groups (broad SMARTS) is 1. The summed E-state index contributed by atoms with van der Waals surface area (Å²) in [6.07, 6.45) is 4.93. The van der Waals surface area contributed by atoms with Crippen molar-refractivity contribution in [3.05, 3.63) is 70.9 Å². The zero-order valence-corrected chi connectivity index (χ0v) is 12.2. The first-order chi connectivity index (χ1) is 10.7. The fourth-order valence-corrected chi connectivity index (χ4v) is 3.05. The maximum atomic E-state index is 11.6. The zero-order chi connectivity index (χ0) is 15.1. The van der Waals surface area contributed by atoms with Gasteiger partial charge in [-0.15, -0.1) is 0 Å². The van der Waals surface area contributed by atoms with Crippen molar-refractivity contribution in [1.82, 2.24) is 4.98 Å². The first-order valence-electron chi connectivity index (χ1n) is 7.63. The highest BCUT2D eigenvalue weighted by atomic mass is 16.4.